The van der Waals surface area contributed by atoms with Crippen molar-refractivity contribution in [2.24, 2.45) is 0 Å². The number of piperidine rings is 1. The molecule has 0 aromatic carbocycles. The van der Waals surface area contributed by atoms with E-state index >= 15 is 0 Å². The minimum atomic E-state index is -0.147. The number of likely N-dealkylation sites (tertiary alicyclic amines) is 1. The van der Waals surface area contributed by atoms with Crippen LogP contribution in [0.3, 0.4) is 0 Å². The molecule has 2 aliphatic rings. The molecule has 0 aliphatic carbocycles. The van der Waals surface area contributed by atoms with Gasteiger partial charge >= 0.3 is 0 Å². The number of hydrogen-bond donors (Lipinski definition) is 1. The first-order valence-corrected chi connectivity index (χ1v) is 8.80. The Morgan fingerprint density at radius 2 is 2.40 bits per heavy atom. The van der Waals surface area contributed by atoms with Gasteiger partial charge in [-0.15, -0.1) is 0 Å². The number of amides is 1. The molecular weight excluding hydrogens is 322 g/mol. The molecule has 0 unspecified atom stereocenters. The number of carbonyl (C=O) groups is 1. The van der Waals surface area contributed by atoms with Crippen LogP contribution < -0.4 is 10.1 Å². The van der Waals surface area contributed by atoms with E-state index in [9.17, 15) is 4.79 Å². The number of aromatic nitrogens is 1. The van der Waals surface area contributed by atoms with Gasteiger partial charge in [0.1, 0.15) is 6.61 Å². The van der Waals surface area contributed by atoms with E-state index in [0.29, 0.717) is 12.5 Å². The van der Waals surface area contributed by atoms with Crippen LogP contribution in [0.25, 0.3) is 0 Å². The van der Waals surface area contributed by atoms with E-state index in [2.05, 4.69) is 21.3 Å². The smallest absolute Gasteiger partial charge is 0.245 e. The predicted octanol–water partition coefficient (Wildman–Crippen LogP) is 0.976. The second-order valence-electron chi connectivity index (χ2n) is 6.83. The van der Waals surface area contributed by atoms with Gasteiger partial charge in [-0.2, -0.15) is 0 Å². The molecular formula is C18H27N3O4. The van der Waals surface area contributed by atoms with Crippen LogP contribution >= 0.6 is 0 Å². The third-order valence-electron chi connectivity index (χ3n) is 4.94. The van der Waals surface area contributed by atoms with Crippen molar-refractivity contribution in [1.82, 2.24) is 15.2 Å². The van der Waals surface area contributed by atoms with Crippen LogP contribution in [-0.2, 0) is 20.8 Å². The van der Waals surface area contributed by atoms with Crippen LogP contribution in [-0.4, -0.2) is 68.0 Å². The Hall–Kier alpha value is -1.70. The number of carbonyl (C=O) groups excluding carboxylic acids is 1. The summed E-state index contributed by atoms with van der Waals surface area (Å²) in [4.78, 5) is 18.0. The summed E-state index contributed by atoms with van der Waals surface area (Å²) in [6.45, 7) is 3.46. The van der Waals surface area contributed by atoms with Crippen molar-refractivity contribution in [3.05, 3.63) is 23.9 Å². The molecule has 3 rings (SSSR count). The average molecular weight is 349 g/mol. The zero-order valence-corrected chi connectivity index (χ0v) is 15.0. The van der Waals surface area contributed by atoms with Crippen LogP contribution in [0.1, 0.15) is 24.8 Å². The number of pyridine rings is 1. The highest BCUT2D eigenvalue weighted by Gasteiger charge is 2.43. The lowest BCUT2D eigenvalue weighted by Gasteiger charge is -2.39. The van der Waals surface area contributed by atoms with Crippen molar-refractivity contribution < 1.29 is 19.0 Å². The summed E-state index contributed by atoms with van der Waals surface area (Å²) < 4.78 is 16.9. The van der Waals surface area contributed by atoms with Gasteiger partial charge in [-0.05, 0) is 24.9 Å². The predicted molar refractivity (Wildman–Crippen MR) is 92.4 cm³/mol. The molecule has 2 aliphatic heterocycles. The second kappa shape index (κ2) is 8.12. The molecule has 0 radical (unpaired) electrons. The van der Waals surface area contributed by atoms with Gasteiger partial charge in [0, 0.05) is 38.8 Å². The van der Waals surface area contributed by atoms with E-state index in [1.807, 2.05) is 12.3 Å². The molecule has 25 heavy (non-hydrogen) atoms. The fraction of sp³-hybridized carbons (Fsp3) is 0.667. The fourth-order valence-electron chi connectivity index (χ4n) is 3.67. The van der Waals surface area contributed by atoms with E-state index < -0.39 is 0 Å². The van der Waals surface area contributed by atoms with E-state index in [-0.39, 0.29) is 24.2 Å². The monoisotopic (exact) mass is 349 g/mol. The van der Waals surface area contributed by atoms with Crippen molar-refractivity contribution >= 4 is 5.91 Å². The van der Waals surface area contributed by atoms with Crippen LogP contribution in [0.2, 0.25) is 0 Å². The lowest BCUT2D eigenvalue weighted by molar-refractivity contribution is -0.127. The minimum Gasteiger partial charge on any atom is -0.481 e. The standard InChI is InChI=1S/C18H27N3O4/c1-19-16(22)12-24-15-8-18(25-11-15)6-3-7-21(13-18)10-14-4-5-17(23-2)20-9-14/h4-5,9,15H,3,6-8,10-13H2,1-2H3,(H,19,22)/t15-,18-/m0/s1. The van der Waals surface area contributed by atoms with E-state index in [4.69, 9.17) is 14.2 Å². The van der Waals surface area contributed by atoms with Crippen LogP contribution in [0.4, 0.5) is 0 Å². The van der Waals surface area contributed by atoms with Gasteiger partial charge in [-0.25, -0.2) is 4.98 Å². The first kappa shape index (κ1) is 18.1. The Labute approximate surface area is 148 Å². The van der Waals surface area contributed by atoms with Crippen molar-refractivity contribution in [2.45, 2.75) is 37.5 Å². The number of methoxy groups -OCH3 is 1. The molecule has 2 saturated heterocycles. The summed E-state index contributed by atoms with van der Waals surface area (Å²) in [7, 11) is 3.24. The van der Waals surface area contributed by atoms with Gasteiger partial charge in [0.2, 0.25) is 11.8 Å². The Bertz CT molecular complexity index is 580. The molecule has 1 N–H and O–H groups in total. The molecule has 1 aromatic rings. The number of nitrogens with zero attached hydrogens (tertiary/aromatic N) is 2. The summed E-state index contributed by atoms with van der Waals surface area (Å²) in [5.74, 6) is 0.535. The van der Waals surface area contributed by atoms with Gasteiger partial charge in [0.05, 0.1) is 25.4 Å². The molecule has 7 nitrogen and oxygen atoms in total. The van der Waals surface area contributed by atoms with E-state index in [0.717, 1.165) is 38.9 Å². The maximum absolute atomic E-state index is 11.3. The first-order valence-electron chi connectivity index (χ1n) is 8.80. The quantitative estimate of drug-likeness (QED) is 0.825. The average Bonchev–Trinajstić information content (AvgIpc) is 3.02. The highest BCUT2D eigenvalue weighted by Crippen LogP contribution is 2.36. The third-order valence-corrected chi connectivity index (χ3v) is 4.94. The van der Waals surface area contributed by atoms with Gasteiger partial charge in [-0.1, -0.05) is 6.07 Å². The fourth-order valence-corrected chi connectivity index (χ4v) is 3.67. The van der Waals surface area contributed by atoms with Gasteiger partial charge in [0.15, 0.2) is 0 Å². The SMILES string of the molecule is CNC(=O)CO[C@@H]1CO[C@@]2(CCCN(Cc3ccc(OC)nc3)C2)C1. The molecule has 1 amide bonds. The molecule has 2 atom stereocenters. The Kier molecular flexibility index (Phi) is 5.88. The summed E-state index contributed by atoms with van der Waals surface area (Å²) in [5, 5.41) is 2.57. The van der Waals surface area contributed by atoms with E-state index in [1.165, 1.54) is 5.56 Å². The molecule has 0 bridgehead atoms. The topological polar surface area (TPSA) is 72.9 Å². The third kappa shape index (κ3) is 4.68. The Balaban J connectivity index is 1.53. The molecule has 7 heteroatoms. The number of hydrogen-bond acceptors (Lipinski definition) is 6. The van der Waals surface area contributed by atoms with Gasteiger partial charge in [0.25, 0.3) is 0 Å². The molecule has 0 saturated carbocycles. The Morgan fingerprint density at radius 3 is 3.12 bits per heavy atom. The van der Waals surface area contributed by atoms with Crippen LogP contribution in [0.5, 0.6) is 5.88 Å². The van der Waals surface area contributed by atoms with Crippen LogP contribution in [0.15, 0.2) is 18.3 Å². The van der Waals surface area contributed by atoms with Gasteiger partial charge < -0.3 is 19.5 Å². The maximum Gasteiger partial charge on any atom is 0.245 e. The largest absolute Gasteiger partial charge is 0.481 e. The summed E-state index contributed by atoms with van der Waals surface area (Å²) in [6, 6.07) is 3.95. The molecule has 1 spiro atoms. The number of nitrogens with one attached hydrogen (secondary N) is 1. The normalized spacial score (nSPS) is 26.7. The lowest BCUT2D eigenvalue weighted by Crippen LogP contribution is -2.47. The highest BCUT2D eigenvalue weighted by molar-refractivity contribution is 5.76. The molecule has 1 aromatic heterocycles. The zero-order chi connectivity index (χ0) is 17.7. The van der Waals surface area contributed by atoms with E-state index in [1.54, 1.807) is 14.2 Å². The molecule has 138 valence electrons. The van der Waals surface area contributed by atoms with Crippen LogP contribution in [0, 0.1) is 0 Å². The van der Waals surface area contributed by atoms with Crippen molar-refractivity contribution in [3.8, 4) is 5.88 Å². The number of ether oxygens (including phenoxy) is 3. The maximum atomic E-state index is 11.3. The van der Waals surface area contributed by atoms with Crippen molar-refractivity contribution in [3.63, 3.8) is 0 Å². The second-order valence-corrected chi connectivity index (χ2v) is 6.83. The molecule has 3 heterocycles. The summed E-state index contributed by atoms with van der Waals surface area (Å²) >= 11 is 0. The van der Waals surface area contributed by atoms with Gasteiger partial charge in [-0.3, -0.25) is 9.69 Å². The minimum absolute atomic E-state index is 0.0000897. The highest BCUT2D eigenvalue weighted by atomic mass is 16.6. The number of likely N-dealkylation sites (N-methyl/N-ethyl adjacent to an activating group) is 1. The summed E-state index contributed by atoms with van der Waals surface area (Å²) in [6.07, 6.45) is 4.86. The number of rotatable bonds is 6. The first-order chi connectivity index (χ1) is 12.1. The van der Waals surface area contributed by atoms with Crippen molar-refractivity contribution in [2.75, 3.05) is 40.5 Å². The molecule has 2 fully saturated rings. The Morgan fingerprint density at radius 1 is 1.52 bits per heavy atom. The van der Waals surface area contributed by atoms with Crippen molar-refractivity contribution in [1.29, 1.82) is 0 Å². The zero-order valence-electron chi connectivity index (χ0n) is 15.0. The summed E-state index contributed by atoms with van der Waals surface area (Å²) in [5.41, 5.74) is 1.02. The lowest BCUT2D eigenvalue weighted by atomic mass is 9.89.